The minimum atomic E-state index is -2.80. The van der Waals surface area contributed by atoms with Crippen molar-refractivity contribution in [3.05, 3.63) is 59.7 Å². The second-order valence-electron chi connectivity index (χ2n) is 6.62. The van der Waals surface area contributed by atoms with E-state index in [1.54, 1.807) is 9.80 Å². The average Bonchev–Trinajstić information content (AvgIpc) is 2.73. The summed E-state index contributed by atoms with van der Waals surface area (Å²) in [6.07, 6.45) is 0.346. The van der Waals surface area contributed by atoms with Crippen LogP contribution in [0.2, 0.25) is 0 Å². The monoisotopic (exact) mass is 417 g/mol. The van der Waals surface area contributed by atoms with Crippen LogP contribution in [0.3, 0.4) is 0 Å². The Morgan fingerprint density at radius 3 is 2.28 bits per heavy atom. The summed E-state index contributed by atoms with van der Waals surface area (Å²) >= 11 is 0. The number of carbonyl (C=O) groups excluding carboxylic acids is 2. The van der Waals surface area contributed by atoms with Crippen LogP contribution in [0, 0.1) is 0 Å². The maximum Gasteiger partial charge on any atom is 0.257 e. The smallest absolute Gasteiger partial charge is 0.257 e. The molecule has 2 aromatic carbocycles. The molecule has 1 N–H and O–H groups in total. The Kier molecular flexibility index (Phi) is 6.71. The molecule has 0 unspecified atom stereocenters. The minimum Gasteiger partial charge on any atom is -0.496 e. The predicted octanol–water partition coefficient (Wildman–Crippen LogP) is 1.16. The highest BCUT2D eigenvalue weighted by atomic mass is 32.2. The molecule has 3 rings (SSSR count). The molecule has 1 saturated heterocycles. The molecular weight excluding hydrogens is 394 g/mol. The Bertz CT molecular complexity index is 946. The van der Waals surface area contributed by atoms with Gasteiger partial charge in [0.15, 0.2) is 0 Å². The second kappa shape index (κ2) is 9.42. The molecule has 0 spiro atoms. The summed E-state index contributed by atoms with van der Waals surface area (Å²) < 4.78 is 29.2. The Morgan fingerprint density at radius 1 is 1.00 bits per heavy atom. The Hall–Kier alpha value is -3.07. The van der Waals surface area contributed by atoms with Crippen molar-refractivity contribution in [3.63, 3.8) is 0 Å². The summed E-state index contributed by atoms with van der Waals surface area (Å²) in [6.45, 7) is 1.79. The van der Waals surface area contributed by atoms with Gasteiger partial charge in [-0.15, -0.1) is 0 Å². The van der Waals surface area contributed by atoms with Crippen molar-refractivity contribution < 1.29 is 22.7 Å². The number of hydrogen-bond donors (Lipinski definition) is 2. The van der Waals surface area contributed by atoms with Gasteiger partial charge in [0, 0.05) is 32.2 Å². The number of benzene rings is 2. The first-order valence-electron chi connectivity index (χ1n) is 9.18. The van der Waals surface area contributed by atoms with Crippen LogP contribution in [0.4, 0.5) is 5.69 Å². The quantitative estimate of drug-likeness (QED) is 0.688. The molecule has 2 aromatic rings. The third-order valence-corrected chi connectivity index (χ3v) is 5.21. The number of hydrogen-bond acceptors (Lipinski definition) is 5. The van der Waals surface area contributed by atoms with E-state index in [0.29, 0.717) is 49.6 Å². The number of rotatable bonds is 6. The third kappa shape index (κ3) is 5.26. The lowest BCUT2D eigenvalue weighted by molar-refractivity contribution is -0.131. The predicted molar refractivity (Wildman–Crippen MR) is 110 cm³/mol. The molecule has 8 nitrogen and oxygen atoms in total. The second-order valence-corrected chi connectivity index (χ2v) is 7.36. The molecule has 29 heavy (non-hydrogen) atoms. The molecule has 1 aliphatic heterocycles. The molecule has 0 aliphatic carbocycles. The van der Waals surface area contributed by atoms with Crippen molar-refractivity contribution in [2.45, 2.75) is 6.42 Å². The topological polar surface area (TPSA) is 96.0 Å². The molecule has 1 fully saturated rings. The molecule has 1 heterocycles. The number of nitrogens with zero attached hydrogens (tertiary/aromatic N) is 2. The number of piperazine rings is 1. The van der Waals surface area contributed by atoms with E-state index in [1.807, 2.05) is 30.3 Å². The van der Waals surface area contributed by atoms with Crippen molar-refractivity contribution >= 4 is 28.4 Å². The van der Waals surface area contributed by atoms with Gasteiger partial charge in [0.25, 0.3) is 5.91 Å². The van der Waals surface area contributed by atoms with Gasteiger partial charge in [0.2, 0.25) is 16.8 Å². The number of methoxy groups -OCH3 is 1. The van der Waals surface area contributed by atoms with E-state index in [-0.39, 0.29) is 11.8 Å². The van der Waals surface area contributed by atoms with Crippen LogP contribution in [0.1, 0.15) is 15.9 Å². The van der Waals surface area contributed by atoms with Gasteiger partial charge in [-0.2, -0.15) is 0 Å². The Labute approximate surface area is 171 Å². The van der Waals surface area contributed by atoms with Gasteiger partial charge in [-0.3, -0.25) is 14.3 Å². The van der Waals surface area contributed by atoms with E-state index in [4.69, 9.17) is 4.74 Å². The van der Waals surface area contributed by atoms with Gasteiger partial charge >= 0.3 is 0 Å². The van der Waals surface area contributed by atoms with Crippen molar-refractivity contribution in [2.75, 3.05) is 38.0 Å². The highest BCUT2D eigenvalue weighted by molar-refractivity contribution is 7.73. The van der Waals surface area contributed by atoms with Crippen LogP contribution >= 0.6 is 0 Å². The van der Waals surface area contributed by atoms with E-state index < -0.39 is 10.9 Å². The van der Waals surface area contributed by atoms with Crippen molar-refractivity contribution in [3.8, 4) is 5.75 Å². The molecule has 9 heteroatoms. The van der Waals surface area contributed by atoms with Gasteiger partial charge in [0.05, 0.1) is 24.8 Å². The number of carbonyl (C=O) groups is 2. The zero-order valence-corrected chi connectivity index (χ0v) is 16.9. The minimum absolute atomic E-state index is 0.0445. The number of amides is 2. The van der Waals surface area contributed by atoms with E-state index in [1.165, 1.54) is 25.3 Å². The van der Waals surface area contributed by atoms with E-state index >= 15 is 0 Å². The van der Waals surface area contributed by atoms with E-state index in [9.17, 15) is 18.0 Å². The van der Waals surface area contributed by atoms with E-state index in [2.05, 4.69) is 4.72 Å². The molecule has 0 radical (unpaired) electrons. The normalized spacial score (nSPS) is 14.0. The lowest BCUT2D eigenvalue weighted by Crippen LogP contribution is -2.51. The SMILES string of the molecule is COc1cc(N[SH](=O)=O)ccc1C(=O)N1CCN(C(=O)Cc2ccccc2)CC1. The molecular formula is C20H23N3O5S. The van der Waals surface area contributed by atoms with Crippen LogP contribution in [-0.2, 0) is 22.1 Å². The van der Waals surface area contributed by atoms with Crippen LogP contribution in [0.5, 0.6) is 5.75 Å². The fraction of sp³-hybridized carbons (Fsp3) is 0.300. The fourth-order valence-corrected chi connectivity index (χ4v) is 3.60. The van der Waals surface area contributed by atoms with Crippen molar-refractivity contribution in [1.29, 1.82) is 0 Å². The van der Waals surface area contributed by atoms with Gasteiger partial charge in [-0.25, -0.2) is 8.42 Å². The molecule has 0 saturated carbocycles. The highest BCUT2D eigenvalue weighted by Gasteiger charge is 2.26. The summed E-state index contributed by atoms with van der Waals surface area (Å²) in [6, 6.07) is 14.1. The maximum absolute atomic E-state index is 12.9. The number of thiol groups is 1. The average molecular weight is 417 g/mol. The Balaban J connectivity index is 1.62. The first-order valence-corrected chi connectivity index (χ1v) is 10.4. The third-order valence-electron chi connectivity index (χ3n) is 4.77. The summed E-state index contributed by atoms with van der Waals surface area (Å²) in [5, 5.41) is 0. The van der Waals surface area contributed by atoms with Gasteiger partial charge < -0.3 is 14.5 Å². The van der Waals surface area contributed by atoms with Crippen LogP contribution < -0.4 is 9.46 Å². The molecule has 1 aliphatic rings. The number of anilines is 1. The van der Waals surface area contributed by atoms with Crippen molar-refractivity contribution in [2.24, 2.45) is 0 Å². The van der Waals surface area contributed by atoms with Crippen LogP contribution in [0.25, 0.3) is 0 Å². The molecule has 2 amide bonds. The standard InChI is InChI=1S/C20H23N3O5S/c1-28-18-14-16(21-29(26)27)7-8-17(18)20(25)23-11-9-22(10-12-23)19(24)13-15-5-3-2-4-6-15/h2-8,14,29H,9-13H2,1H3,(H,21,26,27). The van der Waals surface area contributed by atoms with E-state index in [0.717, 1.165) is 5.56 Å². The molecule has 0 aromatic heterocycles. The fourth-order valence-electron chi connectivity index (χ4n) is 3.25. The first-order chi connectivity index (χ1) is 14.0. The molecule has 154 valence electrons. The summed E-state index contributed by atoms with van der Waals surface area (Å²) in [5.74, 6) is 0.123. The summed E-state index contributed by atoms with van der Waals surface area (Å²) in [7, 11) is -1.38. The summed E-state index contributed by atoms with van der Waals surface area (Å²) in [4.78, 5) is 28.8. The summed E-state index contributed by atoms with van der Waals surface area (Å²) in [5.41, 5.74) is 1.64. The van der Waals surface area contributed by atoms with Gasteiger partial charge in [-0.1, -0.05) is 30.3 Å². The largest absolute Gasteiger partial charge is 0.496 e. The van der Waals surface area contributed by atoms with Crippen LogP contribution in [0.15, 0.2) is 48.5 Å². The number of nitrogens with one attached hydrogen (secondary N) is 1. The lowest BCUT2D eigenvalue weighted by atomic mass is 10.1. The number of ether oxygens (including phenoxy) is 1. The zero-order chi connectivity index (χ0) is 20.8. The van der Waals surface area contributed by atoms with Crippen LogP contribution in [-0.4, -0.2) is 63.3 Å². The highest BCUT2D eigenvalue weighted by Crippen LogP contribution is 2.25. The molecule has 0 bridgehead atoms. The zero-order valence-electron chi connectivity index (χ0n) is 16.0. The Morgan fingerprint density at radius 2 is 1.66 bits per heavy atom. The van der Waals surface area contributed by atoms with Gasteiger partial charge in [0.1, 0.15) is 5.75 Å². The maximum atomic E-state index is 12.9. The van der Waals surface area contributed by atoms with Gasteiger partial charge in [-0.05, 0) is 17.7 Å². The van der Waals surface area contributed by atoms with Crippen molar-refractivity contribution in [1.82, 2.24) is 9.80 Å². The first kappa shape index (κ1) is 20.7. The molecule has 0 atom stereocenters. The lowest BCUT2D eigenvalue weighted by Gasteiger charge is -2.35.